The molecule has 1 fully saturated rings. The van der Waals surface area contributed by atoms with Gasteiger partial charge in [-0.25, -0.2) is 9.97 Å². The highest BCUT2D eigenvalue weighted by molar-refractivity contribution is 5.91. The molecule has 0 saturated carbocycles. The topological polar surface area (TPSA) is 70.1 Å². The standard InChI is InChI=1S/C23H24N6O2/c1-26(2)18-7-4-3-6-17(18)19-16-25-22-21(24-9-10-29(19)22)27-11-13-28(14-12-27)23(30)20-8-5-15-31-20/h3-10,15-16H,11-14H2,1-2H3. The van der Waals surface area contributed by atoms with E-state index in [1.54, 1.807) is 12.1 Å². The van der Waals surface area contributed by atoms with E-state index >= 15 is 0 Å². The number of amides is 1. The predicted molar refractivity (Wildman–Crippen MR) is 120 cm³/mol. The maximum Gasteiger partial charge on any atom is 0.289 e. The lowest BCUT2D eigenvalue weighted by atomic mass is 10.1. The third-order valence-corrected chi connectivity index (χ3v) is 5.67. The van der Waals surface area contributed by atoms with Crippen LogP contribution in [-0.2, 0) is 0 Å². The fraction of sp³-hybridized carbons (Fsp3) is 0.261. The maximum atomic E-state index is 12.5. The minimum atomic E-state index is -0.0702. The van der Waals surface area contributed by atoms with Crippen molar-refractivity contribution in [2.45, 2.75) is 0 Å². The number of imidazole rings is 1. The summed E-state index contributed by atoms with van der Waals surface area (Å²) in [6.07, 6.45) is 7.19. The van der Waals surface area contributed by atoms with Crippen LogP contribution in [0.15, 0.2) is 65.7 Å². The van der Waals surface area contributed by atoms with E-state index in [2.05, 4.69) is 31.3 Å². The predicted octanol–water partition coefficient (Wildman–Crippen LogP) is 3.02. The molecule has 4 aromatic rings. The Morgan fingerprint density at radius 3 is 2.58 bits per heavy atom. The summed E-state index contributed by atoms with van der Waals surface area (Å²) in [4.78, 5) is 28.0. The van der Waals surface area contributed by atoms with Crippen LogP contribution >= 0.6 is 0 Å². The van der Waals surface area contributed by atoms with Crippen LogP contribution in [0.2, 0.25) is 0 Å². The van der Waals surface area contributed by atoms with Gasteiger partial charge in [-0.2, -0.15) is 0 Å². The first kappa shape index (κ1) is 19.2. The zero-order valence-electron chi connectivity index (χ0n) is 17.6. The largest absolute Gasteiger partial charge is 0.459 e. The molecule has 0 N–H and O–H groups in total. The molecule has 0 unspecified atom stereocenters. The van der Waals surface area contributed by atoms with Crippen molar-refractivity contribution in [3.8, 4) is 11.3 Å². The van der Waals surface area contributed by atoms with E-state index in [1.807, 2.05) is 49.7 Å². The quantitative estimate of drug-likeness (QED) is 0.509. The van der Waals surface area contributed by atoms with Crippen LogP contribution in [0.5, 0.6) is 0 Å². The van der Waals surface area contributed by atoms with E-state index in [1.165, 1.54) is 6.26 Å². The average Bonchev–Trinajstić information content (AvgIpc) is 3.49. The first-order chi connectivity index (χ1) is 15.1. The van der Waals surface area contributed by atoms with Crippen molar-refractivity contribution in [1.29, 1.82) is 0 Å². The molecule has 0 radical (unpaired) electrons. The molecule has 0 bridgehead atoms. The number of hydrogen-bond donors (Lipinski definition) is 0. The molecule has 0 spiro atoms. The smallest absolute Gasteiger partial charge is 0.289 e. The number of fused-ring (bicyclic) bond motifs is 1. The molecule has 1 aliphatic heterocycles. The Labute approximate surface area is 180 Å². The van der Waals surface area contributed by atoms with Crippen LogP contribution in [0.25, 0.3) is 16.9 Å². The van der Waals surface area contributed by atoms with Gasteiger partial charge in [-0.15, -0.1) is 0 Å². The average molecular weight is 416 g/mol. The van der Waals surface area contributed by atoms with E-state index in [-0.39, 0.29) is 5.91 Å². The van der Waals surface area contributed by atoms with Gasteiger partial charge in [0, 0.05) is 63.9 Å². The third kappa shape index (κ3) is 3.39. The van der Waals surface area contributed by atoms with Crippen molar-refractivity contribution in [1.82, 2.24) is 19.3 Å². The van der Waals surface area contributed by atoms with Crippen molar-refractivity contribution < 1.29 is 9.21 Å². The maximum absolute atomic E-state index is 12.5. The number of rotatable bonds is 4. The molecule has 0 aliphatic carbocycles. The molecule has 3 aromatic heterocycles. The van der Waals surface area contributed by atoms with Crippen LogP contribution in [0.1, 0.15) is 10.6 Å². The minimum Gasteiger partial charge on any atom is -0.459 e. The van der Waals surface area contributed by atoms with Gasteiger partial charge >= 0.3 is 0 Å². The first-order valence-corrected chi connectivity index (χ1v) is 10.3. The molecule has 8 nitrogen and oxygen atoms in total. The number of hydrogen-bond acceptors (Lipinski definition) is 6. The van der Waals surface area contributed by atoms with Crippen LogP contribution < -0.4 is 9.80 Å². The third-order valence-electron chi connectivity index (χ3n) is 5.67. The van der Waals surface area contributed by atoms with Gasteiger partial charge in [-0.3, -0.25) is 9.20 Å². The van der Waals surface area contributed by atoms with Crippen LogP contribution in [-0.4, -0.2) is 65.5 Å². The fourth-order valence-electron chi connectivity index (χ4n) is 4.09. The van der Waals surface area contributed by atoms with Crippen LogP contribution in [0.4, 0.5) is 11.5 Å². The van der Waals surface area contributed by atoms with E-state index in [9.17, 15) is 4.79 Å². The number of nitrogens with zero attached hydrogens (tertiary/aromatic N) is 6. The molecular weight excluding hydrogens is 392 g/mol. The lowest BCUT2D eigenvalue weighted by Gasteiger charge is -2.35. The molecule has 31 heavy (non-hydrogen) atoms. The second-order valence-electron chi connectivity index (χ2n) is 7.76. The van der Waals surface area contributed by atoms with Gasteiger partial charge in [0.05, 0.1) is 18.2 Å². The van der Waals surface area contributed by atoms with Crippen molar-refractivity contribution in [2.24, 2.45) is 0 Å². The second kappa shape index (κ2) is 7.79. The second-order valence-corrected chi connectivity index (χ2v) is 7.76. The molecule has 1 aliphatic rings. The highest BCUT2D eigenvalue weighted by atomic mass is 16.3. The van der Waals surface area contributed by atoms with Crippen LogP contribution in [0, 0.1) is 0 Å². The van der Waals surface area contributed by atoms with Gasteiger partial charge < -0.3 is 19.1 Å². The fourth-order valence-corrected chi connectivity index (χ4v) is 4.09. The van der Waals surface area contributed by atoms with Gasteiger partial charge in [0.1, 0.15) is 0 Å². The van der Waals surface area contributed by atoms with Crippen LogP contribution in [0.3, 0.4) is 0 Å². The Morgan fingerprint density at radius 2 is 1.84 bits per heavy atom. The lowest BCUT2D eigenvalue weighted by molar-refractivity contribution is 0.0714. The van der Waals surface area contributed by atoms with Gasteiger partial charge in [0.2, 0.25) is 0 Å². The van der Waals surface area contributed by atoms with E-state index in [0.717, 1.165) is 28.4 Å². The number of piperazine rings is 1. The summed E-state index contributed by atoms with van der Waals surface area (Å²) in [7, 11) is 4.08. The number of para-hydroxylation sites is 1. The Kier molecular flexibility index (Phi) is 4.82. The molecule has 8 heteroatoms. The molecular formula is C23H24N6O2. The lowest BCUT2D eigenvalue weighted by Crippen LogP contribution is -2.49. The zero-order valence-corrected chi connectivity index (χ0v) is 17.6. The number of carbonyl (C=O) groups is 1. The Balaban J connectivity index is 1.42. The summed E-state index contributed by atoms with van der Waals surface area (Å²) >= 11 is 0. The highest BCUT2D eigenvalue weighted by Gasteiger charge is 2.26. The van der Waals surface area contributed by atoms with E-state index in [0.29, 0.717) is 31.9 Å². The Bertz CT molecular complexity index is 1210. The SMILES string of the molecule is CN(C)c1ccccc1-c1cnc2c(N3CCN(C(=O)c4ccco4)CC3)nccn12. The summed E-state index contributed by atoms with van der Waals surface area (Å²) in [6, 6.07) is 11.7. The highest BCUT2D eigenvalue weighted by Crippen LogP contribution is 2.32. The van der Waals surface area contributed by atoms with Crippen molar-refractivity contribution in [3.05, 3.63) is 67.0 Å². The molecule has 158 valence electrons. The van der Waals surface area contributed by atoms with E-state index < -0.39 is 0 Å². The van der Waals surface area contributed by atoms with Crippen molar-refractivity contribution in [3.63, 3.8) is 0 Å². The van der Waals surface area contributed by atoms with Crippen molar-refractivity contribution >= 4 is 23.1 Å². The van der Waals surface area contributed by atoms with Crippen molar-refractivity contribution in [2.75, 3.05) is 50.1 Å². The normalized spacial score (nSPS) is 14.3. The van der Waals surface area contributed by atoms with Gasteiger partial charge in [0.25, 0.3) is 5.91 Å². The summed E-state index contributed by atoms with van der Waals surface area (Å²) in [5.41, 5.74) is 4.09. The van der Waals surface area contributed by atoms with E-state index in [4.69, 9.17) is 9.40 Å². The summed E-state index contributed by atoms with van der Waals surface area (Å²) in [6.45, 7) is 2.60. The number of furan rings is 1. The first-order valence-electron chi connectivity index (χ1n) is 10.3. The molecule has 5 rings (SSSR count). The number of anilines is 2. The number of benzene rings is 1. The number of aromatic nitrogens is 3. The summed E-state index contributed by atoms with van der Waals surface area (Å²) in [5.74, 6) is 1.14. The number of carbonyl (C=O) groups excluding carboxylic acids is 1. The molecule has 1 saturated heterocycles. The minimum absolute atomic E-state index is 0.0702. The zero-order chi connectivity index (χ0) is 21.4. The molecule has 1 amide bonds. The molecule has 0 atom stereocenters. The molecule has 1 aromatic carbocycles. The molecule has 4 heterocycles. The van der Waals surface area contributed by atoms with Gasteiger partial charge in [0.15, 0.2) is 17.2 Å². The van der Waals surface area contributed by atoms with Gasteiger partial charge in [-0.05, 0) is 18.2 Å². The summed E-state index contributed by atoms with van der Waals surface area (Å²) < 4.78 is 7.34. The Morgan fingerprint density at radius 1 is 1.03 bits per heavy atom. The Hall–Kier alpha value is -3.81. The monoisotopic (exact) mass is 416 g/mol. The summed E-state index contributed by atoms with van der Waals surface area (Å²) in [5, 5.41) is 0. The van der Waals surface area contributed by atoms with Gasteiger partial charge in [-0.1, -0.05) is 18.2 Å².